The van der Waals surface area contributed by atoms with Crippen molar-refractivity contribution in [3.63, 3.8) is 0 Å². The van der Waals surface area contributed by atoms with Crippen LogP contribution in [0.1, 0.15) is 6.42 Å². The van der Waals surface area contributed by atoms with E-state index in [1.54, 1.807) is 23.0 Å². The highest BCUT2D eigenvalue weighted by Crippen LogP contribution is 2.31. The summed E-state index contributed by atoms with van der Waals surface area (Å²) in [6.45, 7) is 1.63. The number of rotatable bonds is 9. The summed E-state index contributed by atoms with van der Waals surface area (Å²) in [5.74, 6) is 1.17. The van der Waals surface area contributed by atoms with Crippen LogP contribution in [0.4, 0.5) is 21.8 Å². The molecule has 4 aromatic rings. The van der Waals surface area contributed by atoms with Gasteiger partial charge in [0, 0.05) is 37.3 Å². The van der Waals surface area contributed by atoms with Crippen LogP contribution in [0.15, 0.2) is 47.7 Å². The first-order valence-electron chi connectivity index (χ1n) is 10.4. The molecule has 0 aliphatic rings. The second-order valence-electron chi connectivity index (χ2n) is 7.64. The summed E-state index contributed by atoms with van der Waals surface area (Å²) >= 11 is 0. The number of nitrogens with one attached hydrogen (secondary N) is 3. The van der Waals surface area contributed by atoms with Gasteiger partial charge in [-0.3, -0.25) is 4.79 Å². The first-order chi connectivity index (χ1) is 16.0. The van der Waals surface area contributed by atoms with Gasteiger partial charge in [-0.15, -0.1) is 5.10 Å². The molecule has 0 aliphatic carbocycles. The van der Waals surface area contributed by atoms with Gasteiger partial charge in [0.2, 0.25) is 0 Å². The van der Waals surface area contributed by atoms with Crippen molar-refractivity contribution < 1.29 is 9.13 Å². The second kappa shape index (κ2) is 9.65. The van der Waals surface area contributed by atoms with Crippen LogP contribution in [0.2, 0.25) is 0 Å². The van der Waals surface area contributed by atoms with Gasteiger partial charge in [0.25, 0.3) is 5.56 Å². The zero-order valence-corrected chi connectivity index (χ0v) is 18.6. The summed E-state index contributed by atoms with van der Waals surface area (Å²) in [6.07, 6.45) is 5.49. The SMILES string of the molecule is COc1ccc(F)cc1-n1nc(NCCCN(C)C)c2cnc(Nc3ncc[nH]c3=O)cc21. The van der Waals surface area contributed by atoms with Crippen molar-refractivity contribution >= 4 is 28.4 Å². The minimum absolute atomic E-state index is 0.112. The molecule has 0 spiro atoms. The Labute approximate surface area is 189 Å². The van der Waals surface area contributed by atoms with Crippen molar-refractivity contribution in [3.05, 3.63) is 59.0 Å². The van der Waals surface area contributed by atoms with Gasteiger partial charge in [-0.25, -0.2) is 19.0 Å². The fourth-order valence-corrected chi connectivity index (χ4v) is 3.39. The fourth-order valence-electron chi connectivity index (χ4n) is 3.39. The summed E-state index contributed by atoms with van der Waals surface area (Å²) in [4.78, 5) is 25.1. The van der Waals surface area contributed by atoms with Crippen molar-refractivity contribution in [2.75, 3.05) is 44.9 Å². The number of benzene rings is 1. The van der Waals surface area contributed by atoms with Gasteiger partial charge < -0.3 is 25.3 Å². The molecule has 0 saturated carbocycles. The van der Waals surface area contributed by atoms with E-state index in [2.05, 4.69) is 35.6 Å². The van der Waals surface area contributed by atoms with E-state index in [4.69, 9.17) is 4.74 Å². The lowest BCUT2D eigenvalue weighted by Crippen LogP contribution is -2.16. The van der Waals surface area contributed by atoms with E-state index in [9.17, 15) is 9.18 Å². The number of hydrogen-bond donors (Lipinski definition) is 3. The van der Waals surface area contributed by atoms with Crippen LogP contribution in [-0.2, 0) is 0 Å². The maximum Gasteiger partial charge on any atom is 0.291 e. The van der Waals surface area contributed by atoms with E-state index in [1.807, 2.05) is 14.1 Å². The van der Waals surface area contributed by atoms with Gasteiger partial charge >= 0.3 is 0 Å². The minimum Gasteiger partial charge on any atom is -0.494 e. The van der Waals surface area contributed by atoms with Crippen LogP contribution in [0.3, 0.4) is 0 Å². The number of hydrogen-bond acceptors (Lipinski definition) is 8. The number of pyridine rings is 1. The number of aromatic nitrogens is 5. The molecule has 3 N–H and O–H groups in total. The molecule has 4 rings (SSSR count). The number of nitrogens with zero attached hydrogens (tertiary/aromatic N) is 5. The number of aromatic amines is 1. The predicted octanol–water partition coefficient (Wildman–Crippen LogP) is 2.76. The number of ether oxygens (including phenoxy) is 1. The molecule has 172 valence electrons. The maximum atomic E-state index is 14.1. The van der Waals surface area contributed by atoms with E-state index in [-0.39, 0.29) is 11.4 Å². The van der Waals surface area contributed by atoms with E-state index in [0.717, 1.165) is 18.4 Å². The average molecular weight is 452 g/mol. The molecule has 3 aromatic heterocycles. The van der Waals surface area contributed by atoms with Gasteiger partial charge in [-0.1, -0.05) is 0 Å². The first-order valence-corrected chi connectivity index (χ1v) is 10.4. The Hall–Kier alpha value is -3.99. The zero-order chi connectivity index (χ0) is 23.4. The molecule has 0 atom stereocenters. The Bertz CT molecular complexity index is 1320. The minimum atomic E-state index is -0.414. The Morgan fingerprint density at radius 2 is 2.06 bits per heavy atom. The predicted molar refractivity (Wildman–Crippen MR) is 125 cm³/mol. The van der Waals surface area contributed by atoms with Crippen LogP contribution in [0.25, 0.3) is 16.6 Å². The van der Waals surface area contributed by atoms with Crippen molar-refractivity contribution in [1.29, 1.82) is 0 Å². The average Bonchev–Trinajstić information content (AvgIpc) is 3.16. The second-order valence-corrected chi connectivity index (χ2v) is 7.64. The molecule has 0 fully saturated rings. The fraction of sp³-hybridized carbons (Fsp3) is 0.273. The highest BCUT2D eigenvalue weighted by molar-refractivity contribution is 5.92. The third kappa shape index (κ3) is 4.93. The molecule has 1 aromatic carbocycles. The number of halogens is 1. The van der Waals surface area contributed by atoms with Crippen molar-refractivity contribution in [2.24, 2.45) is 0 Å². The number of anilines is 3. The molecule has 33 heavy (non-hydrogen) atoms. The summed E-state index contributed by atoms with van der Waals surface area (Å²) in [5, 5.41) is 11.7. The van der Waals surface area contributed by atoms with Crippen LogP contribution in [-0.4, -0.2) is 63.9 Å². The molecular weight excluding hydrogens is 427 g/mol. The van der Waals surface area contributed by atoms with Gasteiger partial charge in [0.05, 0.1) is 18.0 Å². The molecule has 0 unspecified atom stereocenters. The number of H-pyrrole nitrogens is 1. The van der Waals surface area contributed by atoms with E-state index in [1.165, 1.54) is 31.6 Å². The molecule has 0 bridgehead atoms. The highest BCUT2D eigenvalue weighted by Gasteiger charge is 2.17. The zero-order valence-electron chi connectivity index (χ0n) is 18.6. The monoisotopic (exact) mass is 452 g/mol. The third-order valence-electron chi connectivity index (χ3n) is 4.96. The standard InChI is InChI=1S/C22H25FN8O2/c1-30(2)10-4-7-24-20-15-13-27-19(28-21-22(32)26-9-8-25-21)12-16(15)31(29-20)17-11-14(23)5-6-18(17)33-3/h5-6,8-9,11-13H,4,7,10H2,1-3H3,(H,24,29)(H,26,32)(H,25,27,28). The van der Waals surface area contributed by atoms with Gasteiger partial charge in [0.1, 0.15) is 23.1 Å². The topological polar surface area (TPSA) is 113 Å². The van der Waals surface area contributed by atoms with Crippen LogP contribution in [0.5, 0.6) is 5.75 Å². The largest absolute Gasteiger partial charge is 0.494 e. The smallest absolute Gasteiger partial charge is 0.291 e. The molecule has 0 amide bonds. The molecule has 3 heterocycles. The van der Waals surface area contributed by atoms with E-state index < -0.39 is 5.82 Å². The van der Waals surface area contributed by atoms with Crippen molar-refractivity contribution in [1.82, 2.24) is 29.6 Å². The molecule has 10 nitrogen and oxygen atoms in total. The highest BCUT2D eigenvalue weighted by atomic mass is 19.1. The Morgan fingerprint density at radius 1 is 1.21 bits per heavy atom. The lowest BCUT2D eigenvalue weighted by atomic mass is 10.2. The number of methoxy groups -OCH3 is 1. The van der Waals surface area contributed by atoms with Gasteiger partial charge in [-0.05, 0) is 39.2 Å². The lowest BCUT2D eigenvalue weighted by Gasteiger charge is -2.10. The summed E-state index contributed by atoms with van der Waals surface area (Å²) in [6, 6.07) is 5.97. The van der Waals surface area contributed by atoms with Crippen LogP contribution < -0.4 is 20.9 Å². The Kier molecular flexibility index (Phi) is 6.50. The molecular formula is C22H25FN8O2. The van der Waals surface area contributed by atoms with E-state index in [0.29, 0.717) is 35.1 Å². The van der Waals surface area contributed by atoms with E-state index >= 15 is 0 Å². The first kappa shape index (κ1) is 22.2. The van der Waals surface area contributed by atoms with Crippen LogP contribution >= 0.6 is 0 Å². The van der Waals surface area contributed by atoms with Gasteiger partial charge in [0.15, 0.2) is 11.6 Å². The van der Waals surface area contributed by atoms with Crippen molar-refractivity contribution in [3.8, 4) is 11.4 Å². The maximum absolute atomic E-state index is 14.1. The normalized spacial score (nSPS) is 11.2. The Balaban J connectivity index is 1.78. The third-order valence-corrected chi connectivity index (χ3v) is 4.96. The summed E-state index contributed by atoms with van der Waals surface area (Å²) < 4.78 is 21.2. The molecule has 0 radical (unpaired) electrons. The summed E-state index contributed by atoms with van der Waals surface area (Å²) in [7, 11) is 5.56. The summed E-state index contributed by atoms with van der Waals surface area (Å²) in [5.41, 5.74) is 0.721. The van der Waals surface area contributed by atoms with Crippen LogP contribution in [0, 0.1) is 5.82 Å². The molecule has 0 saturated heterocycles. The van der Waals surface area contributed by atoms with Crippen molar-refractivity contribution in [2.45, 2.75) is 6.42 Å². The van der Waals surface area contributed by atoms with Gasteiger partial charge in [-0.2, -0.15) is 0 Å². The molecule has 11 heteroatoms. The quantitative estimate of drug-likeness (QED) is 0.332. The molecule has 0 aliphatic heterocycles. The lowest BCUT2D eigenvalue weighted by molar-refractivity contribution is 0.405. The Morgan fingerprint density at radius 3 is 2.82 bits per heavy atom. The number of fused-ring (bicyclic) bond motifs is 1.